The maximum Gasteiger partial charge on any atom is 0.192 e. The molecule has 8 atom stereocenters. The quantitative estimate of drug-likeness (QED) is 0.142. The van der Waals surface area contributed by atoms with Crippen LogP contribution in [0.4, 0.5) is 0 Å². The molecule has 0 unspecified atom stereocenters. The Labute approximate surface area is 323 Å². The van der Waals surface area contributed by atoms with Crippen LogP contribution in [0.15, 0.2) is 89.8 Å². The van der Waals surface area contributed by atoms with Crippen LogP contribution in [-0.2, 0) is 39.8 Å². The molecule has 5 rings (SSSR count). The second-order valence-corrected chi connectivity index (χ2v) is 23.7. The first-order valence-electron chi connectivity index (χ1n) is 18.9. The highest BCUT2D eigenvalue weighted by molar-refractivity contribution is 7.91. The smallest absolute Gasteiger partial charge is 0.192 e. The van der Waals surface area contributed by atoms with Crippen molar-refractivity contribution in [2.45, 2.75) is 138 Å². The molecule has 0 saturated carbocycles. The first kappa shape index (κ1) is 42.5. The van der Waals surface area contributed by atoms with E-state index in [0.29, 0.717) is 19.4 Å². The highest BCUT2D eigenvalue weighted by atomic mass is 32.2. The monoisotopic (exact) mass is 784 g/mol. The van der Waals surface area contributed by atoms with Gasteiger partial charge in [0.05, 0.1) is 60.5 Å². The third kappa shape index (κ3) is 10.6. The molecule has 0 amide bonds. The second kappa shape index (κ2) is 17.2. The minimum atomic E-state index is -3.64. The molecule has 3 aromatic rings. The predicted molar refractivity (Wildman–Crippen MR) is 211 cm³/mol. The van der Waals surface area contributed by atoms with Crippen LogP contribution in [0.5, 0.6) is 5.75 Å². The summed E-state index contributed by atoms with van der Waals surface area (Å²) in [4.78, 5) is 0.199. The molecule has 2 N–H and O–H groups in total. The number of sulfone groups is 1. The molecule has 2 aliphatic heterocycles. The Morgan fingerprint density at radius 2 is 1.59 bits per heavy atom. The lowest BCUT2D eigenvalue weighted by Crippen LogP contribution is -2.52. The summed E-state index contributed by atoms with van der Waals surface area (Å²) in [7, 11) is -4.41. The standard InChI is InChI=1S/C42H60O10SSi/c1-40(2,3)54(7,8)52-36-28-42(5,51-37(36)34(43)27-41(4,44)24-26-53(45,46)33-17-13-10-14-18-33)38(49-29-30-19-21-32(47-6)22-20-30)35-23-25-48-39(50-35)31-15-11-9-12-16-31/h9-22,34-39,43-44H,23-29H2,1-8H3/t34-,35+,36+,37-,38+,39+,41+,42-/m1/s1. The van der Waals surface area contributed by atoms with E-state index in [1.165, 1.54) is 0 Å². The van der Waals surface area contributed by atoms with Crippen molar-refractivity contribution in [2.75, 3.05) is 19.5 Å². The average Bonchev–Trinajstić information content (AvgIpc) is 3.47. The van der Waals surface area contributed by atoms with Crippen LogP contribution in [0.25, 0.3) is 0 Å². The Bertz CT molecular complexity index is 1730. The van der Waals surface area contributed by atoms with E-state index in [1.807, 2.05) is 61.5 Å². The summed E-state index contributed by atoms with van der Waals surface area (Å²) < 4.78 is 65.1. The van der Waals surface area contributed by atoms with Gasteiger partial charge in [0, 0.05) is 18.4 Å². The zero-order valence-corrected chi connectivity index (χ0v) is 34.9. The number of methoxy groups -OCH3 is 1. The third-order valence-electron chi connectivity index (χ3n) is 11.2. The zero-order chi connectivity index (χ0) is 39.4. The molecule has 54 heavy (non-hydrogen) atoms. The minimum absolute atomic E-state index is 0.0661. The molecular weight excluding hydrogens is 725 g/mol. The molecule has 12 heteroatoms. The van der Waals surface area contributed by atoms with Crippen LogP contribution < -0.4 is 4.74 Å². The van der Waals surface area contributed by atoms with Crippen molar-refractivity contribution >= 4 is 18.2 Å². The Kier molecular flexibility index (Phi) is 13.6. The first-order valence-corrected chi connectivity index (χ1v) is 23.5. The molecular formula is C42H60O10SSi. The molecule has 0 bridgehead atoms. The Hall–Kier alpha value is -2.65. The summed E-state index contributed by atoms with van der Waals surface area (Å²) in [6.07, 6.45) is -3.39. The van der Waals surface area contributed by atoms with Gasteiger partial charge in [-0.3, -0.25) is 0 Å². The van der Waals surface area contributed by atoms with E-state index < -0.39 is 66.2 Å². The maximum atomic E-state index is 13.1. The van der Waals surface area contributed by atoms with Crippen LogP contribution in [0.3, 0.4) is 0 Å². The number of aliphatic hydroxyl groups is 2. The van der Waals surface area contributed by atoms with Crippen molar-refractivity contribution in [3.8, 4) is 5.75 Å². The fourth-order valence-electron chi connectivity index (χ4n) is 7.04. The number of aliphatic hydroxyl groups excluding tert-OH is 1. The van der Waals surface area contributed by atoms with Crippen LogP contribution in [0, 0.1) is 0 Å². The van der Waals surface area contributed by atoms with Gasteiger partial charge in [-0.05, 0) is 74.7 Å². The molecule has 0 aliphatic carbocycles. The van der Waals surface area contributed by atoms with E-state index in [0.717, 1.165) is 16.9 Å². The van der Waals surface area contributed by atoms with Gasteiger partial charge < -0.3 is 38.3 Å². The number of hydrogen-bond donors (Lipinski definition) is 2. The highest BCUT2D eigenvalue weighted by Gasteiger charge is 2.56. The lowest BCUT2D eigenvalue weighted by atomic mass is 9.87. The fourth-order valence-corrected chi connectivity index (χ4v) is 9.89. The minimum Gasteiger partial charge on any atom is -0.497 e. The first-order chi connectivity index (χ1) is 25.3. The molecule has 2 saturated heterocycles. The average molecular weight is 785 g/mol. The normalized spacial score (nSPS) is 26.2. The molecule has 0 radical (unpaired) electrons. The van der Waals surface area contributed by atoms with Gasteiger partial charge in [-0.15, -0.1) is 0 Å². The van der Waals surface area contributed by atoms with Crippen molar-refractivity contribution in [2.24, 2.45) is 0 Å². The van der Waals surface area contributed by atoms with E-state index in [9.17, 15) is 18.6 Å². The van der Waals surface area contributed by atoms with Crippen molar-refractivity contribution in [3.63, 3.8) is 0 Å². The Balaban J connectivity index is 1.42. The summed E-state index contributed by atoms with van der Waals surface area (Å²) in [6.45, 7) is 15.1. The van der Waals surface area contributed by atoms with Gasteiger partial charge in [0.15, 0.2) is 24.4 Å². The van der Waals surface area contributed by atoms with Crippen LogP contribution >= 0.6 is 0 Å². The molecule has 2 heterocycles. The SMILES string of the molecule is COc1ccc(CO[C@@H]([C@@H]2CCO[C@H](c3ccccc3)O2)[C@@]2(C)C[C@H](O[Si](C)(C)C(C)(C)C)[C@@H]([C@H](O)C[C@@](C)(O)CCS(=O)(=O)c3ccccc3)O2)cc1. The van der Waals surface area contributed by atoms with Gasteiger partial charge >= 0.3 is 0 Å². The van der Waals surface area contributed by atoms with Crippen LogP contribution in [0.1, 0.15) is 77.7 Å². The number of ether oxygens (including phenoxy) is 5. The number of rotatable bonds is 16. The molecule has 298 valence electrons. The summed E-state index contributed by atoms with van der Waals surface area (Å²) in [5, 5.41) is 23.4. The fraction of sp³-hybridized carbons (Fsp3) is 0.571. The van der Waals surface area contributed by atoms with Gasteiger partial charge in [-0.2, -0.15) is 0 Å². The number of hydrogen-bond acceptors (Lipinski definition) is 10. The van der Waals surface area contributed by atoms with Gasteiger partial charge in [0.25, 0.3) is 0 Å². The molecule has 0 aromatic heterocycles. The predicted octanol–water partition coefficient (Wildman–Crippen LogP) is 7.39. The van der Waals surface area contributed by atoms with E-state index in [2.05, 4.69) is 33.9 Å². The topological polar surface area (TPSA) is 130 Å². The van der Waals surface area contributed by atoms with E-state index >= 15 is 0 Å². The van der Waals surface area contributed by atoms with Gasteiger partial charge in [-0.25, -0.2) is 8.42 Å². The maximum absolute atomic E-state index is 13.1. The van der Waals surface area contributed by atoms with Crippen molar-refractivity contribution in [1.82, 2.24) is 0 Å². The summed E-state index contributed by atoms with van der Waals surface area (Å²) in [5.74, 6) is 0.477. The Morgan fingerprint density at radius 1 is 0.963 bits per heavy atom. The van der Waals surface area contributed by atoms with Crippen LogP contribution in [0.2, 0.25) is 18.1 Å². The van der Waals surface area contributed by atoms with E-state index in [-0.39, 0.29) is 35.1 Å². The Morgan fingerprint density at radius 3 is 2.20 bits per heavy atom. The lowest BCUT2D eigenvalue weighted by molar-refractivity contribution is -0.271. The van der Waals surface area contributed by atoms with Crippen molar-refractivity contribution < 1.29 is 46.7 Å². The zero-order valence-electron chi connectivity index (χ0n) is 33.1. The van der Waals surface area contributed by atoms with E-state index in [4.69, 9.17) is 28.1 Å². The second-order valence-electron chi connectivity index (χ2n) is 16.8. The summed E-state index contributed by atoms with van der Waals surface area (Å²) in [5.41, 5.74) is -0.655. The molecule has 0 spiro atoms. The summed E-state index contributed by atoms with van der Waals surface area (Å²) in [6, 6.07) is 25.7. The molecule has 2 fully saturated rings. The van der Waals surface area contributed by atoms with Gasteiger partial charge in [0.2, 0.25) is 0 Å². The molecule has 10 nitrogen and oxygen atoms in total. The number of benzene rings is 3. The highest BCUT2D eigenvalue weighted by Crippen LogP contribution is 2.46. The molecule has 3 aromatic carbocycles. The largest absolute Gasteiger partial charge is 0.497 e. The third-order valence-corrected chi connectivity index (χ3v) is 17.5. The van der Waals surface area contributed by atoms with Crippen molar-refractivity contribution in [3.05, 3.63) is 96.1 Å². The van der Waals surface area contributed by atoms with Gasteiger partial charge in [0.1, 0.15) is 18.0 Å². The van der Waals surface area contributed by atoms with E-state index in [1.54, 1.807) is 44.4 Å². The molecule has 2 aliphatic rings. The van der Waals surface area contributed by atoms with Crippen molar-refractivity contribution in [1.29, 1.82) is 0 Å². The van der Waals surface area contributed by atoms with Gasteiger partial charge in [-0.1, -0.05) is 81.4 Å². The lowest BCUT2D eigenvalue weighted by Gasteiger charge is -2.42. The summed E-state index contributed by atoms with van der Waals surface area (Å²) >= 11 is 0. The van der Waals surface area contributed by atoms with Crippen LogP contribution in [-0.4, -0.2) is 88.1 Å².